The highest BCUT2D eigenvalue weighted by molar-refractivity contribution is 5.98. The molecule has 2 heterocycles. The largest absolute Gasteiger partial charge is 0.495 e. The molecule has 0 radical (unpaired) electrons. The molecule has 28 heavy (non-hydrogen) atoms. The minimum atomic E-state index is -0.178. The van der Waals surface area contributed by atoms with E-state index in [0.717, 1.165) is 17.0 Å². The molecular weight excluding hydrogens is 356 g/mol. The van der Waals surface area contributed by atoms with E-state index < -0.39 is 0 Å². The lowest BCUT2D eigenvalue weighted by atomic mass is 9.85. The van der Waals surface area contributed by atoms with Gasteiger partial charge in [-0.1, -0.05) is 27.7 Å². The molecule has 0 spiro atoms. The number of nitrogens with one attached hydrogen (secondary N) is 2. The van der Waals surface area contributed by atoms with E-state index in [2.05, 4.69) is 41.4 Å². The topological polar surface area (TPSA) is 93.2 Å². The van der Waals surface area contributed by atoms with Gasteiger partial charge in [0, 0.05) is 42.3 Å². The van der Waals surface area contributed by atoms with Gasteiger partial charge < -0.3 is 15.4 Å². The van der Waals surface area contributed by atoms with Crippen molar-refractivity contribution in [3.63, 3.8) is 0 Å². The number of amides is 2. The Kier molecular flexibility index (Phi) is 5.36. The summed E-state index contributed by atoms with van der Waals surface area (Å²) >= 11 is 0. The van der Waals surface area contributed by atoms with Crippen LogP contribution in [0, 0.1) is 0 Å². The number of hydrogen-bond donors (Lipinski definition) is 2. The standard InChI is InChI=1S/C21H26N4O3/c1-6-18(26)25-16-9-15-14(7-17(16)28-5)13(8-19(27)24-15)12-10-22-20(23-11-12)21(2,3)4/h7,9-11,13H,6,8H2,1-5H3,(H,24,27)(H,25,26). The Hall–Kier alpha value is -2.96. The van der Waals surface area contributed by atoms with E-state index >= 15 is 0 Å². The molecule has 1 aromatic carbocycles. The van der Waals surface area contributed by atoms with E-state index in [1.807, 2.05) is 6.07 Å². The first kappa shape index (κ1) is 19.8. The second-order valence-electron chi connectivity index (χ2n) is 7.94. The van der Waals surface area contributed by atoms with E-state index in [0.29, 0.717) is 30.0 Å². The van der Waals surface area contributed by atoms with Crippen LogP contribution in [-0.2, 0) is 15.0 Å². The molecule has 148 valence electrons. The van der Waals surface area contributed by atoms with Gasteiger partial charge in [-0.15, -0.1) is 0 Å². The number of hydrogen-bond acceptors (Lipinski definition) is 5. The van der Waals surface area contributed by atoms with Crippen LogP contribution < -0.4 is 15.4 Å². The molecule has 1 aliphatic heterocycles. The molecule has 0 saturated carbocycles. The molecule has 0 saturated heterocycles. The summed E-state index contributed by atoms with van der Waals surface area (Å²) in [6, 6.07) is 3.61. The quantitative estimate of drug-likeness (QED) is 0.843. The van der Waals surface area contributed by atoms with Gasteiger partial charge in [0.15, 0.2) is 0 Å². The van der Waals surface area contributed by atoms with Crippen LogP contribution in [0.15, 0.2) is 24.5 Å². The highest BCUT2D eigenvalue weighted by Gasteiger charge is 2.29. The van der Waals surface area contributed by atoms with Gasteiger partial charge in [-0.3, -0.25) is 9.59 Å². The molecule has 1 aliphatic rings. The lowest BCUT2D eigenvalue weighted by Gasteiger charge is -2.27. The number of carbonyl (C=O) groups is 2. The van der Waals surface area contributed by atoms with Gasteiger partial charge in [0.2, 0.25) is 11.8 Å². The van der Waals surface area contributed by atoms with Crippen molar-refractivity contribution in [3.05, 3.63) is 41.5 Å². The number of carbonyl (C=O) groups excluding carboxylic acids is 2. The number of anilines is 2. The van der Waals surface area contributed by atoms with Gasteiger partial charge in [0.25, 0.3) is 0 Å². The fourth-order valence-corrected chi connectivity index (χ4v) is 3.20. The number of ether oxygens (including phenoxy) is 1. The van der Waals surface area contributed by atoms with E-state index in [9.17, 15) is 9.59 Å². The number of rotatable bonds is 4. The van der Waals surface area contributed by atoms with Crippen molar-refractivity contribution in [3.8, 4) is 5.75 Å². The third-order valence-corrected chi connectivity index (χ3v) is 4.75. The second-order valence-corrected chi connectivity index (χ2v) is 7.94. The summed E-state index contributed by atoms with van der Waals surface area (Å²) in [6.07, 6.45) is 4.24. The molecule has 1 atom stereocenters. The molecule has 1 unspecified atom stereocenters. The van der Waals surface area contributed by atoms with Crippen molar-refractivity contribution in [2.45, 2.75) is 51.9 Å². The Morgan fingerprint density at radius 3 is 2.54 bits per heavy atom. The van der Waals surface area contributed by atoms with E-state index in [1.54, 1.807) is 32.5 Å². The average molecular weight is 382 g/mol. The van der Waals surface area contributed by atoms with Crippen LogP contribution in [-0.4, -0.2) is 28.9 Å². The predicted molar refractivity (Wildman–Crippen MR) is 108 cm³/mol. The molecule has 7 heteroatoms. The third-order valence-electron chi connectivity index (χ3n) is 4.75. The SMILES string of the molecule is CCC(=O)Nc1cc2c(cc1OC)C(c1cnc(C(C)(C)C)nc1)CC(=O)N2. The monoisotopic (exact) mass is 382 g/mol. The van der Waals surface area contributed by atoms with Gasteiger partial charge >= 0.3 is 0 Å². The van der Waals surface area contributed by atoms with Crippen LogP contribution >= 0.6 is 0 Å². The first-order valence-corrected chi connectivity index (χ1v) is 9.37. The van der Waals surface area contributed by atoms with Gasteiger partial charge in [0.05, 0.1) is 12.8 Å². The van der Waals surface area contributed by atoms with Crippen LogP contribution in [0.2, 0.25) is 0 Å². The second kappa shape index (κ2) is 7.58. The number of benzene rings is 1. The van der Waals surface area contributed by atoms with Crippen LogP contribution in [0.5, 0.6) is 5.75 Å². The number of methoxy groups -OCH3 is 1. The van der Waals surface area contributed by atoms with Gasteiger partial charge in [-0.25, -0.2) is 9.97 Å². The Bertz CT molecular complexity index is 901. The van der Waals surface area contributed by atoms with E-state index in [4.69, 9.17) is 4.74 Å². The van der Waals surface area contributed by atoms with Crippen molar-refractivity contribution in [1.82, 2.24) is 9.97 Å². The molecule has 2 aromatic rings. The van der Waals surface area contributed by atoms with Gasteiger partial charge in [-0.05, 0) is 23.3 Å². The molecule has 2 N–H and O–H groups in total. The van der Waals surface area contributed by atoms with Crippen LogP contribution in [0.1, 0.15) is 63.4 Å². The summed E-state index contributed by atoms with van der Waals surface area (Å²) < 4.78 is 5.47. The maximum atomic E-state index is 12.3. The van der Waals surface area contributed by atoms with Crippen molar-refractivity contribution in [2.24, 2.45) is 0 Å². The molecule has 0 aliphatic carbocycles. The zero-order valence-electron chi connectivity index (χ0n) is 16.9. The number of aromatic nitrogens is 2. The van der Waals surface area contributed by atoms with E-state index in [-0.39, 0.29) is 23.1 Å². The number of nitrogens with zero attached hydrogens (tertiary/aromatic N) is 2. The van der Waals surface area contributed by atoms with E-state index in [1.165, 1.54) is 0 Å². The fraction of sp³-hybridized carbons (Fsp3) is 0.429. The summed E-state index contributed by atoms with van der Waals surface area (Å²) in [4.78, 5) is 33.1. The molecule has 1 aromatic heterocycles. The summed E-state index contributed by atoms with van der Waals surface area (Å²) in [5, 5.41) is 5.71. The Morgan fingerprint density at radius 2 is 1.96 bits per heavy atom. The Morgan fingerprint density at radius 1 is 1.29 bits per heavy atom. The average Bonchev–Trinajstić information content (AvgIpc) is 2.66. The molecule has 0 bridgehead atoms. The molecule has 3 rings (SSSR count). The smallest absolute Gasteiger partial charge is 0.225 e. The molecular formula is C21H26N4O3. The summed E-state index contributed by atoms with van der Waals surface area (Å²) in [7, 11) is 1.56. The van der Waals surface area contributed by atoms with Crippen molar-refractivity contribution in [1.29, 1.82) is 0 Å². The van der Waals surface area contributed by atoms with Crippen molar-refractivity contribution in [2.75, 3.05) is 17.7 Å². The molecule has 0 fully saturated rings. The van der Waals surface area contributed by atoms with Crippen LogP contribution in [0.25, 0.3) is 0 Å². The van der Waals surface area contributed by atoms with Gasteiger partial charge in [-0.2, -0.15) is 0 Å². The Labute approximate surface area is 164 Å². The number of fused-ring (bicyclic) bond motifs is 1. The predicted octanol–water partition coefficient (Wildman–Crippen LogP) is 3.61. The molecule has 7 nitrogen and oxygen atoms in total. The summed E-state index contributed by atoms with van der Waals surface area (Å²) in [5.41, 5.74) is 2.84. The van der Waals surface area contributed by atoms with Crippen molar-refractivity contribution >= 4 is 23.2 Å². The van der Waals surface area contributed by atoms with Crippen molar-refractivity contribution < 1.29 is 14.3 Å². The highest BCUT2D eigenvalue weighted by atomic mass is 16.5. The lowest BCUT2D eigenvalue weighted by Crippen LogP contribution is -2.25. The zero-order chi connectivity index (χ0) is 20.5. The maximum Gasteiger partial charge on any atom is 0.225 e. The third kappa shape index (κ3) is 3.98. The minimum Gasteiger partial charge on any atom is -0.495 e. The van der Waals surface area contributed by atoms with Crippen LogP contribution in [0.4, 0.5) is 11.4 Å². The lowest BCUT2D eigenvalue weighted by molar-refractivity contribution is -0.117. The summed E-state index contributed by atoms with van der Waals surface area (Å²) in [6.45, 7) is 7.95. The Balaban J connectivity index is 2.03. The maximum absolute atomic E-state index is 12.3. The summed E-state index contributed by atoms with van der Waals surface area (Å²) in [5.74, 6) is 0.918. The molecule has 2 amide bonds. The first-order valence-electron chi connectivity index (χ1n) is 9.37. The van der Waals surface area contributed by atoms with Gasteiger partial charge in [0.1, 0.15) is 11.6 Å². The fourth-order valence-electron chi connectivity index (χ4n) is 3.20. The minimum absolute atomic E-state index is 0.0877. The van der Waals surface area contributed by atoms with Crippen LogP contribution in [0.3, 0.4) is 0 Å². The highest BCUT2D eigenvalue weighted by Crippen LogP contribution is 2.42. The normalized spacial score (nSPS) is 16.2. The zero-order valence-corrected chi connectivity index (χ0v) is 16.9. The first-order chi connectivity index (χ1) is 13.2.